The summed E-state index contributed by atoms with van der Waals surface area (Å²) in [6, 6.07) is 23.5. The van der Waals surface area contributed by atoms with Gasteiger partial charge in [-0.1, -0.05) is 54.6 Å². The van der Waals surface area contributed by atoms with Gasteiger partial charge in [-0.25, -0.2) is 0 Å². The van der Waals surface area contributed by atoms with E-state index < -0.39 is 5.91 Å². The van der Waals surface area contributed by atoms with Crippen LogP contribution < -0.4 is 15.4 Å². The molecule has 0 spiro atoms. The molecule has 0 saturated heterocycles. The lowest BCUT2D eigenvalue weighted by atomic mass is 10.0. The van der Waals surface area contributed by atoms with E-state index in [-0.39, 0.29) is 18.5 Å². The van der Waals surface area contributed by atoms with Crippen molar-refractivity contribution in [2.45, 2.75) is 12.6 Å². The van der Waals surface area contributed by atoms with Gasteiger partial charge in [-0.15, -0.1) is 10.2 Å². The summed E-state index contributed by atoms with van der Waals surface area (Å²) in [5.74, 6) is 0.302. The maximum absolute atomic E-state index is 13.5. The van der Waals surface area contributed by atoms with Gasteiger partial charge >= 0.3 is 0 Å². The van der Waals surface area contributed by atoms with Crippen molar-refractivity contribution < 1.29 is 14.3 Å². The molecule has 9 nitrogen and oxygen atoms in total. The van der Waals surface area contributed by atoms with E-state index in [1.165, 1.54) is 4.80 Å². The number of rotatable bonds is 5. The van der Waals surface area contributed by atoms with E-state index in [0.717, 1.165) is 5.56 Å². The first-order valence-electron chi connectivity index (χ1n) is 10.4. The van der Waals surface area contributed by atoms with Crippen LogP contribution in [0.4, 0.5) is 5.69 Å². The fourth-order valence-corrected chi connectivity index (χ4v) is 3.82. The number of primary amides is 1. The number of para-hydroxylation sites is 2. The molecule has 4 aromatic rings. The van der Waals surface area contributed by atoms with Crippen LogP contribution >= 0.6 is 0 Å². The zero-order valence-electron chi connectivity index (χ0n) is 17.5. The average Bonchev–Trinajstić information content (AvgIpc) is 3.32. The molecule has 1 aliphatic heterocycles. The van der Waals surface area contributed by atoms with Crippen molar-refractivity contribution in [1.82, 2.24) is 20.2 Å². The van der Waals surface area contributed by atoms with Crippen LogP contribution in [0.3, 0.4) is 0 Å². The van der Waals surface area contributed by atoms with Crippen LogP contribution in [0.5, 0.6) is 5.75 Å². The minimum absolute atomic E-state index is 0.0932. The molecular formula is C24H20N6O3. The number of carbonyl (C=O) groups is 2. The lowest BCUT2D eigenvalue weighted by molar-refractivity contribution is -0.120. The Balaban J connectivity index is 1.41. The molecule has 0 fully saturated rings. The molecule has 2 amide bonds. The standard InChI is InChI=1S/C24H20N6O3/c25-23(32)17-10-12-18(13-11-17)24-26-28-29(27-24)14-22(31)30-19-8-4-5-9-21(19)33-15-20(30)16-6-2-1-3-7-16/h1-13,20H,14-15H2,(H2,25,32)/t20-/m1/s1. The Labute approximate surface area is 189 Å². The van der Waals surface area contributed by atoms with Crippen LogP contribution in [-0.4, -0.2) is 38.6 Å². The molecule has 1 aliphatic rings. The van der Waals surface area contributed by atoms with Crippen LogP contribution in [0.1, 0.15) is 22.0 Å². The van der Waals surface area contributed by atoms with Gasteiger partial charge in [-0.2, -0.15) is 4.80 Å². The molecule has 0 aliphatic carbocycles. The lowest BCUT2D eigenvalue weighted by Gasteiger charge is -2.37. The maximum Gasteiger partial charge on any atom is 0.251 e. The molecule has 5 rings (SSSR count). The highest BCUT2D eigenvalue weighted by atomic mass is 16.5. The van der Waals surface area contributed by atoms with Gasteiger partial charge in [-0.3, -0.25) is 14.5 Å². The number of aromatic nitrogens is 4. The van der Waals surface area contributed by atoms with Crippen LogP contribution in [0.15, 0.2) is 78.9 Å². The van der Waals surface area contributed by atoms with Gasteiger partial charge in [0.05, 0.1) is 11.7 Å². The van der Waals surface area contributed by atoms with Gasteiger partial charge in [-0.05, 0) is 35.0 Å². The first-order chi connectivity index (χ1) is 16.1. The van der Waals surface area contributed by atoms with Crippen molar-refractivity contribution in [3.63, 3.8) is 0 Å². The quantitative estimate of drug-likeness (QED) is 0.510. The van der Waals surface area contributed by atoms with Crippen molar-refractivity contribution in [1.29, 1.82) is 0 Å². The molecule has 0 bridgehead atoms. The van der Waals surface area contributed by atoms with E-state index in [9.17, 15) is 9.59 Å². The predicted molar refractivity (Wildman–Crippen MR) is 120 cm³/mol. The molecular weight excluding hydrogens is 420 g/mol. The second-order valence-electron chi connectivity index (χ2n) is 7.55. The number of tetrazole rings is 1. The topological polar surface area (TPSA) is 116 Å². The van der Waals surface area contributed by atoms with E-state index in [2.05, 4.69) is 15.4 Å². The fraction of sp³-hybridized carbons (Fsp3) is 0.125. The van der Waals surface area contributed by atoms with Crippen molar-refractivity contribution in [3.8, 4) is 17.1 Å². The third-order valence-corrected chi connectivity index (χ3v) is 5.44. The van der Waals surface area contributed by atoms with Crippen LogP contribution in [0.25, 0.3) is 11.4 Å². The Morgan fingerprint density at radius 2 is 1.70 bits per heavy atom. The summed E-state index contributed by atoms with van der Waals surface area (Å²) in [6.45, 7) is 0.249. The fourth-order valence-electron chi connectivity index (χ4n) is 3.82. The third kappa shape index (κ3) is 4.03. The smallest absolute Gasteiger partial charge is 0.251 e. The summed E-state index contributed by atoms with van der Waals surface area (Å²) in [5.41, 5.74) is 8.01. The van der Waals surface area contributed by atoms with E-state index in [1.807, 2.05) is 54.6 Å². The third-order valence-electron chi connectivity index (χ3n) is 5.44. The molecule has 9 heteroatoms. The van der Waals surface area contributed by atoms with Gasteiger partial charge in [0.2, 0.25) is 11.7 Å². The van der Waals surface area contributed by atoms with Gasteiger partial charge in [0, 0.05) is 11.1 Å². The van der Waals surface area contributed by atoms with E-state index in [0.29, 0.717) is 35.0 Å². The first-order valence-corrected chi connectivity index (χ1v) is 10.4. The number of anilines is 1. The van der Waals surface area contributed by atoms with Crippen molar-refractivity contribution in [2.24, 2.45) is 5.73 Å². The number of amides is 2. The summed E-state index contributed by atoms with van der Waals surface area (Å²) < 4.78 is 5.93. The number of carbonyl (C=O) groups excluding carboxylic acids is 2. The second kappa shape index (κ2) is 8.54. The normalized spacial score (nSPS) is 14.9. The van der Waals surface area contributed by atoms with Gasteiger partial charge in [0.1, 0.15) is 18.9 Å². The van der Waals surface area contributed by atoms with Gasteiger partial charge < -0.3 is 10.5 Å². The summed E-state index contributed by atoms with van der Waals surface area (Å²) in [7, 11) is 0. The first kappa shape index (κ1) is 20.4. The molecule has 0 unspecified atom stereocenters. The van der Waals surface area contributed by atoms with Gasteiger partial charge in [0.25, 0.3) is 5.91 Å². The number of nitrogens with two attached hydrogens (primary N) is 1. The van der Waals surface area contributed by atoms with Gasteiger partial charge in [0.15, 0.2) is 0 Å². The zero-order valence-corrected chi connectivity index (χ0v) is 17.5. The van der Waals surface area contributed by atoms with E-state index >= 15 is 0 Å². The number of hydrogen-bond acceptors (Lipinski definition) is 6. The summed E-state index contributed by atoms with van der Waals surface area (Å²) in [6.07, 6.45) is 0. The Hall–Kier alpha value is -4.53. The van der Waals surface area contributed by atoms with E-state index in [1.54, 1.807) is 29.2 Å². The number of fused-ring (bicyclic) bond motifs is 1. The molecule has 33 heavy (non-hydrogen) atoms. The highest BCUT2D eigenvalue weighted by Gasteiger charge is 2.33. The number of nitrogens with zero attached hydrogens (tertiary/aromatic N) is 5. The predicted octanol–water partition coefficient (Wildman–Crippen LogP) is 2.61. The highest BCUT2D eigenvalue weighted by Crippen LogP contribution is 2.39. The van der Waals surface area contributed by atoms with Crippen molar-refractivity contribution in [2.75, 3.05) is 11.5 Å². The molecule has 1 aromatic heterocycles. The highest BCUT2D eigenvalue weighted by molar-refractivity contribution is 5.96. The summed E-state index contributed by atoms with van der Waals surface area (Å²) >= 11 is 0. The number of benzene rings is 3. The Morgan fingerprint density at radius 3 is 2.45 bits per heavy atom. The van der Waals surface area contributed by atoms with Crippen molar-refractivity contribution >= 4 is 17.5 Å². The molecule has 164 valence electrons. The summed E-state index contributed by atoms with van der Waals surface area (Å²) in [5, 5.41) is 12.4. The minimum Gasteiger partial charge on any atom is -0.489 e. The Morgan fingerprint density at radius 1 is 0.970 bits per heavy atom. The minimum atomic E-state index is -0.512. The Kier molecular flexibility index (Phi) is 5.27. The molecule has 0 radical (unpaired) electrons. The molecule has 3 aromatic carbocycles. The lowest BCUT2D eigenvalue weighted by Crippen LogP contribution is -2.43. The van der Waals surface area contributed by atoms with E-state index in [4.69, 9.17) is 10.5 Å². The van der Waals surface area contributed by atoms with Crippen LogP contribution in [0.2, 0.25) is 0 Å². The zero-order chi connectivity index (χ0) is 22.8. The maximum atomic E-state index is 13.5. The SMILES string of the molecule is NC(=O)c1ccc(-c2nnn(CC(=O)N3c4ccccc4OC[C@@H]3c3ccccc3)n2)cc1. The Bertz CT molecular complexity index is 1300. The molecule has 2 N–H and O–H groups in total. The molecule has 1 atom stereocenters. The van der Waals surface area contributed by atoms with Crippen LogP contribution in [0, 0.1) is 0 Å². The second-order valence-corrected chi connectivity index (χ2v) is 7.55. The number of ether oxygens (including phenoxy) is 1. The summed E-state index contributed by atoms with van der Waals surface area (Å²) in [4.78, 5) is 27.7. The monoisotopic (exact) mass is 440 g/mol. The average molecular weight is 440 g/mol. The largest absolute Gasteiger partial charge is 0.489 e. The molecule has 0 saturated carbocycles. The van der Waals surface area contributed by atoms with Crippen LogP contribution in [-0.2, 0) is 11.3 Å². The number of hydrogen-bond donors (Lipinski definition) is 1. The molecule has 2 heterocycles. The van der Waals surface area contributed by atoms with Crippen molar-refractivity contribution in [3.05, 3.63) is 90.0 Å².